The van der Waals surface area contributed by atoms with Crippen LogP contribution in [0.1, 0.15) is 330 Å². The Morgan fingerprint density at radius 2 is 0.508 bits per heavy atom. The molecule has 0 aliphatic rings. The van der Waals surface area contributed by atoms with E-state index in [-0.39, 0.29) is 31.1 Å². The van der Waals surface area contributed by atoms with Crippen LogP contribution in [0, 0.1) is 11.8 Å². The molecule has 0 aromatic rings. The molecule has 0 amide bonds. The monoisotopic (exact) mass is 919 g/mol. The van der Waals surface area contributed by atoms with Crippen LogP contribution in [-0.2, 0) is 28.6 Å². The zero-order chi connectivity index (χ0) is 47.5. The Hall–Kier alpha value is -1.59. The molecule has 65 heavy (non-hydrogen) atoms. The minimum atomic E-state index is -0.763. The topological polar surface area (TPSA) is 78.9 Å². The Labute approximate surface area is 406 Å². The van der Waals surface area contributed by atoms with Gasteiger partial charge in [-0.15, -0.1) is 0 Å². The Morgan fingerprint density at radius 3 is 0.754 bits per heavy atom. The first-order chi connectivity index (χ1) is 31.7. The highest BCUT2D eigenvalue weighted by Crippen LogP contribution is 2.18. The van der Waals surface area contributed by atoms with Crippen molar-refractivity contribution in [2.45, 2.75) is 336 Å². The minimum absolute atomic E-state index is 0.0635. The lowest BCUT2D eigenvalue weighted by molar-refractivity contribution is -0.167. The molecule has 0 heterocycles. The van der Waals surface area contributed by atoms with Gasteiger partial charge in [0.15, 0.2) is 6.10 Å². The summed E-state index contributed by atoms with van der Waals surface area (Å²) >= 11 is 0. The minimum Gasteiger partial charge on any atom is -0.462 e. The van der Waals surface area contributed by atoms with Gasteiger partial charge in [0.1, 0.15) is 13.2 Å². The van der Waals surface area contributed by atoms with Gasteiger partial charge in [0.2, 0.25) is 0 Å². The van der Waals surface area contributed by atoms with Gasteiger partial charge in [-0.2, -0.15) is 0 Å². The van der Waals surface area contributed by atoms with Gasteiger partial charge in [0.25, 0.3) is 0 Å². The lowest BCUT2D eigenvalue weighted by Crippen LogP contribution is -2.30. The number of unbranched alkanes of at least 4 members (excludes halogenated alkanes) is 38. The van der Waals surface area contributed by atoms with Crippen molar-refractivity contribution in [1.29, 1.82) is 0 Å². The summed E-state index contributed by atoms with van der Waals surface area (Å²) in [7, 11) is 0. The van der Waals surface area contributed by atoms with E-state index in [1.807, 2.05) is 0 Å². The van der Waals surface area contributed by atoms with E-state index >= 15 is 0 Å². The van der Waals surface area contributed by atoms with Gasteiger partial charge < -0.3 is 14.2 Å². The van der Waals surface area contributed by atoms with Gasteiger partial charge in [-0.25, -0.2) is 0 Å². The van der Waals surface area contributed by atoms with E-state index in [0.717, 1.165) is 69.6 Å². The summed E-state index contributed by atoms with van der Waals surface area (Å²) < 4.78 is 16.9. The summed E-state index contributed by atoms with van der Waals surface area (Å²) in [6, 6.07) is 0. The molecule has 0 aliphatic heterocycles. The molecule has 0 N–H and O–H groups in total. The Bertz CT molecular complexity index is 993. The number of ether oxygens (including phenoxy) is 3. The molecule has 0 spiro atoms. The van der Waals surface area contributed by atoms with Gasteiger partial charge >= 0.3 is 17.9 Å². The van der Waals surface area contributed by atoms with Crippen molar-refractivity contribution in [2.75, 3.05) is 13.2 Å². The van der Waals surface area contributed by atoms with Crippen LogP contribution in [0.4, 0.5) is 0 Å². The molecule has 386 valence electrons. The van der Waals surface area contributed by atoms with Crippen molar-refractivity contribution >= 4 is 17.9 Å². The number of esters is 3. The van der Waals surface area contributed by atoms with Crippen LogP contribution in [0.5, 0.6) is 0 Å². The van der Waals surface area contributed by atoms with E-state index in [2.05, 4.69) is 34.6 Å². The third-order valence-corrected chi connectivity index (χ3v) is 13.5. The van der Waals surface area contributed by atoms with Crippen molar-refractivity contribution in [2.24, 2.45) is 11.8 Å². The second-order valence-corrected chi connectivity index (χ2v) is 21.2. The first-order valence-corrected chi connectivity index (χ1v) is 29.2. The summed E-state index contributed by atoms with van der Waals surface area (Å²) in [5.41, 5.74) is 0. The molecule has 0 saturated heterocycles. The zero-order valence-electron chi connectivity index (χ0n) is 44.6. The van der Waals surface area contributed by atoms with Crippen LogP contribution in [0.15, 0.2) is 0 Å². The largest absolute Gasteiger partial charge is 0.462 e. The molecule has 0 unspecified atom stereocenters. The van der Waals surface area contributed by atoms with Gasteiger partial charge in [-0.1, -0.05) is 291 Å². The molecular formula is C59H114O6. The number of carbonyl (C=O) groups excluding carboxylic acids is 3. The maximum absolute atomic E-state index is 12.8. The molecule has 0 saturated carbocycles. The highest BCUT2D eigenvalue weighted by Gasteiger charge is 2.19. The van der Waals surface area contributed by atoms with E-state index in [1.165, 1.54) is 218 Å². The van der Waals surface area contributed by atoms with E-state index < -0.39 is 6.10 Å². The van der Waals surface area contributed by atoms with Gasteiger partial charge in [0.05, 0.1) is 0 Å². The average Bonchev–Trinajstić information content (AvgIpc) is 3.28. The SMILES string of the molecule is CCCCCCCCCCCCCCCCCCCC(=O)OC[C@@H](COC(=O)CCCCCCCCC(C)C)OC(=O)CCCCCCCCCCCCCCCCCCCCC(C)C. The van der Waals surface area contributed by atoms with Crippen LogP contribution in [-0.4, -0.2) is 37.2 Å². The van der Waals surface area contributed by atoms with Crippen molar-refractivity contribution in [3.05, 3.63) is 0 Å². The van der Waals surface area contributed by atoms with E-state index in [1.54, 1.807) is 0 Å². The molecule has 0 fully saturated rings. The van der Waals surface area contributed by atoms with Gasteiger partial charge in [-0.3, -0.25) is 14.4 Å². The first-order valence-electron chi connectivity index (χ1n) is 29.2. The van der Waals surface area contributed by atoms with Crippen molar-refractivity contribution in [3.8, 4) is 0 Å². The van der Waals surface area contributed by atoms with Crippen LogP contribution < -0.4 is 0 Å². The van der Waals surface area contributed by atoms with Crippen molar-refractivity contribution in [1.82, 2.24) is 0 Å². The van der Waals surface area contributed by atoms with E-state index in [0.29, 0.717) is 19.3 Å². The Kier molecular flexibility index (Phi) is 50.5. The predicted octanol–water partition coefficient (Wildman–Crippen LogP) is 19.3. The number of hydrogen-bond donors (Lipinski definition) is 0. The molecule has 0 aromatic carbocycles. The van der Waals surface area contributed by atoms with Crippen LogP contribution >= 0.6 is 0 Å². The smallest absolute Gasteiger partial charge is 0.306 e. The van der Waals surface area contributed by atoms with Crippen LogP contribution in [0.25, 0.3) is 0 Å². The summed E-state index contributed by atoms with van der Waals surface area (Å²) in [5, 5.41) is 0. The fourth-order valence-corrected chi connectivity index (χ4v) is 9.05. The average molecular weight is 920 g/mol. The first kappa shape index (κ1) is 63.4. The van der Waals surface area contributed by atoms with Gasteiger partial charge in [0, 0.05) is 19.3 Å². The third-order valence-electron chi connectivity index (χ3n) is 13.5. The molecule has 6 heteroatoms. The highest BCUT2D eigenvalue weighted by atomic mass is 16.6. The molecule has 0 radical (unpaired) electrons. The molecule has 1 atom stereocenters. The lowest BCUT2D eigenvalue weighted by Gasteiger charge is -2.18. The highest BCUT2D eigenvalue weighted by molar-refractivity contribution is 5.71. The second kappa shape index (κ2) is 51.8. The number of hydrogen-bond acceptors (Lipinski definition) is 6. The Balaban J connectivity index is 4.19. The number of rotatable bonds is 53. The summed E-state index contributed by atoms with van der Waals surface area (Å²) in [6.07, 6.45) is 55.5. The normalized spacial score (nSPS) is 12.0. The summed E-state index contributed by atoms with van der Waals surface area (Å²) in [6.45, 7) is 11.4. The van der Waals surface area contributed by atoms with E-state index in [9.17, 15) is 14.4 Å². The Morgan fingerprint density at radius 1 is 0.292 bits per heavy atom. The van der Waals surface area contributed by atoms with Gasteiger partial charge in [-0.05, 0) is 31.1 Å². The lowest BCUT2D eigenvalue weighted by atomic mass is 10.0. The van der Waals surface area contributed by atoms with E-state index in [4.69, 9.17) is 14.2 Å². The van der Waals surface area contributed by atoms with Crippen molar-refractivity contribution in [3.63, 3.8) is 0 Å². The fourth-order valence-electron chi connectivity index (χ4n) is 9.05. The van der Waals surface area contributed by atoms with Crippen LogP contribution in [0.2, 0.25) is 0 Å². The summed E-state index contributed by atoms with van der Waals surface area (Å²) in [5.74, 6) is 0.777. The molecule has 0 bridgehead atoms. The zero-order valence-corrected chi connectivity index (χ0v) is 44.6. The molecular weight excluding hydrogens is 805 g/mol. The molecule has 6 nitrogen and oxygen atoms in total. The number of carbonyl (C=O) groups is 3. The quantitative estimate of drug-likeness (QED) is 0.0344. The summed E-state index contributed by atoms with van der Waals surface area (Å²) in [4.78, 5) is 38.0. The molecule has 0 rings (SSSR count). The maximum Gasteiger partial charge on any atom is 0.306 e. The maximum atomic E-state index is 12.8. The standard InChI is InChI=1S/C59H114O6/c1-6-7-8-9-10-11-12-13-14-17-21-24-27-30-33-39-44-49-57(60)63-52-56(53-64-58(61)50-45-40-36-35-38-43-48-55(4)5)65-59(62)51-46-41-34-31-28-25-22-19-16-15-18-20-23-26-29-32-37-42-47-54(2)3/h54-56H,6-53H2,1-5H3/t56-/m0/s1. The predicted molar refractivity (Wildman–Crippen MR) is 280 cm³/mol. The molecule has 0 aliphatic carbocycles. The molecule has 0 aromatic heterocycles. The fraction of sp³-hybridized carbons (Fsp3) is 0.949. The second-order valence-electron chi connectivity index (χ2n) is 21.2. The third kappa shape index (κ3) is 53.2. The van der Waals surface area contributed by atoms with Crippen molar-refractivity contribution < 1.29 is 28.6 Å². The van der Waals surface area contributed by atoms with Crippen LogP contribution in [0.3, 0.4) is 0 Å².